The Balaban J connectivity index is 2.01. The van der Waals surface area contributed by atoms with Crippen LogP contribution in [0.4, 0.5) is 0 Å². The molecule has 0 heterocycles. The number of hydrogen-bond donors (Lipinski definition) is 0. The molecule has 0 unspecified atom stereocenters. The molecule has 0 amide bonds. The average molecular weight is 362 g/mol. The van der Waals surface area contributed by atoms with E-state index in [9.17, 15) is 5.26 Å². The Morgan fingerprint density at radius 3 is 2.33 bits per heavy atom. The summed E-state index contributed by atoms with van der Waals surface area (Å²) in [6.45, 7) is 5.10. The third kappa shape index (κ3) is 4.53. The highest BCUT2D eigenvalue weighted by Crippen LogP contribution is 2.45. The highest BCUT2D eigenvalue weighted by atomic mass is 16.5. The van der Waals surface area contributed by atoms with E-state index in [0.717, 1.165) is 40.3 Å². The topological polar surface area (TPSA) is 33.0 Å². The largest absolute Gasteiger partial charge is 0.493 e. The van der Waals surface area contributed by atoms with Gasteiger partial charge in [0.2, 0.25) is 0 Å². The Labute approximate surface area is 164 Å². The molecule has 3 rings (SSSR count). The molecule has 0 N–H and O–H groups in total. The third-order valence-corrected chi connectivity index (χ3v) is 5.80. The van der Waals surface area contributed by atoms with E-state index in [2.05, 4.69) is 50.2 Å². The monoisotopic (exact) mass is 361 g/mol. The van der Waals surface area contributed by atoms with E-state index in [0.29, 0.717) is 12.5 Å². The van der Waals surface area contributed by atoms with Crippen molar-refractivity contribution in [1.29, 1.82) is 5.26 Å². The minimum atomic E-state index is 0.434. The second-order valence-corrected chi connectivity index (χ2v) is 7.74. The molecule has 0 saturated heterocycles. The molecule has 2 nitrogen and oxygen atoms in total. The van der Waals surface area contributed by atoms with Crippen LogP contribution in [0.3, 0.4) is 0 Å². The smallest absolute Gasteiger partial charge is 0.131 e. The first-order chi connectivity index (χ1) is 13.3. The summed E-state index contributed by atoms with van der Waals surface area (Å²) in [5.74, 6) is 2.23. The Bertz CT molecular complexity index is 767. The van der Waals surface area contributed by atoms with E-state index in [4.69, 9.17) is 4.74 Å². The van der Waals surface area contributed by atoms with Gasteiger partial charge in [-0.1, -0.05) is 57.0 Å². The number of hydrogen-bond acceptors (Lipinski definition) is 2. The van der Waals surface area contributed by atoms with Crippen LogP contribution in [0, 0.1) is 17.2 Å². The van der Waals surface area contributed by atoms with Crippen LogP contribution in [0.15, 0.2) is 42.5 Å². The second kappa shape index (κ2) is 9.60. The molecule has 0 spiro atoms. The van der Waals surface area contributed by atoms with E-state index in [1.807, 2.05) is 12.1 Å². The molecule has 2 heteroatoms. The van der Waals surface area contributed by atoms with Crippen LogP contribution in [0.5, 0.6) is 5.75 Å². The predicted molar refractivity (Wildman–Crippen MR) is 112 cm³/mol. The fraction of sp³-hybridized carbons (Fsp3) is 0.480. The van der Waals surface area contributed by atoms with Crippen LogP contribution in [0.2, 0.25) is 0 Å². The molecule has 0 atom stereocenters. The predicted octanol–water partition coefficient (Wildman–Crippen LogP) is 7.09. The summed E-state index contributed by atoms with van der Waals surface area (Å²) in [7, 11) is 0. The maximum absolute atomic E-state index is 9.79. The zero-order chi connectivity index (χ0) is 19.1. The van der Waals surface area contributed by atoms with Gasteiger partial charge in [-0.3, -0.25) is 0 Å². The van der Waals surface area contributed by atoms with Crippen molar-refractivity contribution in [3.63, 3.8) is 0 Å². The lowest BCUT2D eigenvalue weighted by Crippen LogP contribution is -2.16. The quantitative estimate of drug-likeness (QED) is 0.527. The minimum Gasteiger partial charge on any atom is -0.493 e. The maximum atomic E-state index is 9.79. The van der Waals surface area contributed by atoms with E-state index in [-0.39, 0.29) is 0 Å². The summed E-state index contributed by atoms with van der Waals surface area (Å²) in [6, 6.07) is 16.9. The van der Waals surface area contributed by atoms with Crippen LogP contribution in [0.1, 0.15) is 75.8 Å². The van der Waals surface area contributed by atoms with Crippen molar-refractivity contribution >= 4 is 0 Å². The van der Waals surface area contributed by atoms with Gasteiger partial charge in [0.25, 0.3) is 0 Å². The minimum absolute atomic E-state index is 0.434. The summed E-state index contributed by atoms with van der Waals surface area (Å²) < 4.78 is 6.29. The molecular formula is C25H31NO. The van der Waals surface area contributed by atoms with Gasteiger partial charge in [-0.15, -0.1) is 0 Å². The van der Waals surface area contributed by atoms with E-state index in [1.165, 1.54) is 38.5 Å². The summed E-state index contributed by atoms with van der Waals surface area (Å²) >= 11 is 0. The van der Waals surface area contributed by atoms with Gasteiger partial charge in [0, 0.05) is 11.1 Å². The lowest BCUT2D eigenvalue weighted by atomic mass is 9.75. The molecule has 0 aliphatic heterocycles. The zero-order valence-electron chi connectivity index (χ0n) is 16.7. The Hall–Kier alpha value is -2.27. The maximum Gasteiger partial charge on any atom is 0.131 e. The first-order valence-electron chi connectivity index (χ1n) is 10.5. The van der Waals surface area contributed by atoms with Crippen LogP contribution in [0.25, 0.3) is 11.1 Å². The highest BCUT2D eigenvalue weighted by Gasteiger charge is 2.28. The van der Waals surface area contributed by atoms with Crippen molar-refractivity contribution in [2.45, 2.75) is 64.7 Å². The van der Waals surface area contributed by atoms with Gasteiger partial charge in [0.05, 0.1) is 18.2 Å². The van der Waals surface area contributed by atoms with Crippen molar-refractivity contribution in [3.05, 3.63) is 53.6 Å². The van der Waals surface area contributed by atoms with Crippen molar-refractivity contribution in [2.24, 2.45) is 5.92 Å². The van der Waals surface area contributed by atoms with Crippen LogP contribution in [-0.4, -0.2) is 6.61 Å². The van der Waals surface area contributed by atoms with E-state index < -0.39 is 0 Å². The summed E-state index contributed by atoms with van der Waals surface area (Å²) in [5, 5.41) is 9.79. The molecule has 2 aromatic rings. The molecule has 2 aromatic carbocycles. The Kier molecular flexibility index (Phi) is 6.93. The molecule has 1 aliphatic rings. The molecule has 1 saturated carbocycles. The SMILES string of the molecule is CCCOc1c(-c2ccccc2)ccc(C#N)c1C1CCC(CCC)CC1. The number of rotatable bonds is 7. The molecule has 1 fully saturated rings. The van der Waals surface area contributed by atoms with Gasteiger partial charge in [-0.2, -0.15) is 5.26 Å². The first-order valence-corrected chi connectivity index (χ1v) is 10.5. The molecule has 0 bridgehead atoms. The molecular weight excluding hydrogens is 330 g/mol. The lowest BCUT2D eigenvalue weighted by molar-refractivity contribution is 0.288. The first kappa shape index (κ1) is 19.5. The van der Waals surface area contributed by atoms with Gasteiger partial charge in [-0.25, -0.2) is 0 Å². The van der Waals surface area contributed by atoms with Crippen LogP contribution in [-0.2, 0) is 0 Å². The standard InChI is InChI=1S/C25H31NO/c1-3-8-19-11-13-21(14-12-19)24-22(18-26)15-16-23(25(24)27-17-4-2)20-9-6-5-7-10-20/h5-7,9-10,15-16,19,21H,3-4,8,11-14,17H2,1-2H3. The summed E-state index contributed by atoms with van der Waals surface area (Å²) in [6.07, 6.45) is 8.44. The van der Waals surface area contributed by atoms with Crippen LogP contribution >= 0.6 is 0 Å². The molecule has 27 heavy (non-hydrogen) atoms. The number of nitriles is 1. The number of ether oxygens (including phenoxy) is 1. The van der Waals surface area contributed by atoms with Crippen molar-refractivity contribution < 1.29 is 4.74 Å². The highest BCUT2D eigenvalue weighted by molar-refractivity contribution is 5.74. The van der Waals surface area contributed by atoms with Crippen molar-refractivity contribution in [1.82, 2.24) is 0 Å². The van der Waals surface area contributed by atoms with E-state index in [1.54, 1.807) is 0 Å². The lowest BCUT2D eigenvalue weighted by Gasteiger charge is -2.31. The van der Waals surface area contributed by atoms with Gasteiger partial charge in [0.1, 0.15) is 5.75 Å². The average Bonchev–Trinajstić information content (AvgIpc) is 2.73. The zero-order valence-corrected chi connectivity index (χ0v) is 16.7. The van der Waals surface area contributed by atoms with Gasteiger partial charge in [0.15, 0.2) is 0 Å². The second-order valence-electron chi connectivity index (χ2n) is 7.74. The molecule has 0 aromatic heterocycles. The fourth-order valence-corrected chi connectivity index (χ4v) is 4.46. The summed E-state index contributed by atoms with van der Waals surface area (Å²) in [5.41, 5.74) is 4.23. The van der Waals surface area contributed by atoms with Crippen molar-refractivity contribution in [2.75, 3.05) is 6.61 Å². The van der Waals surface area contributed by atoms with Gasteiger partial charge < -0.3 is 4.74 Å². The molecule has 142 valence electrons. The third-order valence-electron chi connectivity index (χ3n) is 5.80. The molecule has 1 aliphatic carbocycles. The van der Waals surface area contributed by atoms with Gasteiger partial charge >= 0.3 is 0 Å². The Morgan fingerprint density at radius 2 is 1.70 bits per heavy atom. The van der Waals surface area contributed by atoms with E-state index >= 15 is 0 Å². The molecule has 0 radical (unpaired) electrons. The van der Waals surface area contributed by atoms with Gasteiger partial charge in [-0.05, 0) is 61.6 Å². The van der Waals surface area contributed by atoms with Crippen LogP contribution < -0.4 is 4.74 Å². The number of benzene rings is 2. The Morgan fingerprint density at radius 1 is 0.963 bits per heavy atom. The fourth-order valence-electron chi connectivity index (χ4n) is 4.46. The normalized spacial score (nSPS) is 19.4. The number of nitrogens with zero attached hydrogens (tertiary/aromatic N) is 1. The summed E-state index contributed by atoms with van der Waals surface area (Å²) in [4.78, 5) is 0. The van der Waals surface area contributed by atoms with Crippen molar-refractivity contribution in [3.8, 4) is 22.9 Å².